The van der Waals surface area contributed by atoms with Gasteiger partial charge >= 0.3 is 0 Å². The SMILES string of the molecule is CCNC(=NCCCc1nnc2n1CCCCC2)NCCC(C)C.I. The number of hydrogen-bond donors (Lipinski definition) is 2. The molecule has 2 rings (SSSR count). The number of aromatic nitrogens is 3. The average Bonchev–Trinajstić information content (AvgIpc) is 2.78. The first-order chi connectivity index (χ1) is 11.7. The number of aryl methyl sites for hydroxylation is 2. The molecule has 0 atom stereocenters. The molecule has 0 fully saturated rings. The Bertz CT molecular complexity index is 512. The second-order valence-electron chi connectivity index (χ2n) is 6.97. The molecule has 25 heavy (non-hydrogen) atoms. The summed E-state index contributed by atoms with van der Waals surface area (Å²) in [6, 6.07) is 0. The van der Waals surface area contributed by atoms with Crippen LogP contribution in [0.25, 0.3) is 0 Å². The Morgan fingerprint density at radius 1 is 1.20 bits per heavy atom. The molecule has 1 aliphatic rings. The molecule has 2 N–H and O–H groups in total. The molecule has 7 heteroatoms. The Hall–Kier alpha value is -0.860. The highest BCUT2D eigenvalue weighted by atomic mass is 127. The van der Waals surface area contributed by atoms with Crippen molar-refractivity contribution < 1.29 is 0 Å². The minimum atomic E-state index is 0. The van der Waals surface area contributed by atoms with Gasteiger partial charge in [0, 0.05) is 39.0 Å². The van der Waals surface area contributed by atoms with Gasteiger partial charge in [-0.05, 0) is 38.5 Å². The quantitative estimate of drug-likeness (QED) is 0.270. The zero-order valence-electron chi connectivity index (χ0n) is 16.1. The van der Waals surface area contributed by atoms with E-state index in [0.717, 1.165) is 63.6 Å². The molecule has 144 valence electrons. The molecule has 1 aromatic heterocycles. The fourth-order valence-corrected chi connectivity index (χ4v) is 2.98. The number of rotatable bonds is 8. The van der Waals surface area contributed by atoms with Gasteiger partial charge < -0.3 is 15.2 Å². The maximum atomic E-state index is 4.68. The van der Waals surface area contributed by atoms with Gasteiger partial charge in [-0.1, -0.05) is 20.3 Å². The molecule has 0 unspecified atom stereocenters. The highest BCUT2D eigenvalue weighted by Crippen LogP contribution is 2.15. The van der Waals surface area contributed by atoms with Crippen molar-refractivity contribution >= 4 is 29.9 Å². The summed E-state index contributed by atoms with van der Waals surface area (Å²) < 4.78 is 2.34. The van der Waals surface area contributed by atoms with Crippen LogP contribution in [0.15, 0.2) is 4.99 Å². The molecule has 0 saturated carbocycles. The molecule has 0 radical (unpaired) electrons. The summed E-state index contributed by atoms with van der Waals surface area (Å²) in [6.07, 6.45) is 8.02. The standard InChI is InChI=1S/C18H34N6.HI/c1-4-19-18(21-13-11-15(2)3)20-12-8-10-17-23-22-16-9-6-5-7-14-24(16)17;/h15H,4-14H2,1-3H3,(H2,19,20,21);1H. The lowest BCUT2D eigenvalue weighted by Gasteiger charge is -2.12. The van der Waals surface area contributed by atoms with Crippen molar-refractivity contribution in [2.45, 2.75) is 72.3 Å². The number of fused-ring (bicyclic) bond motifs is 1. The lowest BCUT2D eigenvalue weighted by molar-refractivity contribution is 0.573. The molecule has 1 aliphatic heterocycles. The summed E-state index contributed by atoms with van der Waals surface area (Å²) in [5, 5.41) is 15.5. The van der Waals surface area contributed by atoms with Gasteiger partial charge in [-0.2, -0.15) is 0 Å². The van der Waals surface area contributed by atoms with E-state index in [4.69, 9.17) is 0 Å². The van der Waals surface area contributed by atoms with E-state index >= 15 is 0 Å². The van der Waals surface area contributed by atoms with Crippen molar-refractivity contribution in [1.29, 1.82) is 0 Å². The summed E-state index contributed by atoms with van der Waals surface area (Å²) in [4.78, 5) is 4.68. The van der Waals surface area contributed by atoms with Crippen LogP contribution in [0, 0.1) is 5.92 Å². The summed E-state index contributed by atoms with van der Waals surface area (Å²) >= 11 is 0. The fourth-order valence-electron chi connectivity index (χ4n) is 2.98. The molecule has 0 saturated heterocycles. The third-order valence-corrected chi connectivity index (χ3v) is 4.37. The maximum absolute atomic E-state index is 4.68. The van der Waals surface area contributed by atoms with Crippen LogP contribution in [0.2, 0.25) is 0 Å². The number of guanidine groups is 1. The largest absolute Gasteiger partial charge is 0.357 e. The zero-order chi connectivity index (χ0) is 17.2. The molecule has 1 aromatic rings. The molecule has 0 bridgehead atoms. The third-order valence-electron chi connectivity index (χ3n) is 4.37. The van der Waals surface area contributed by atoms with Crippen molar-refractivity contribution in [3.05, 3.63) is 11.6 Å². The first kappa shape index (κ1) is 22.2. The Morgan fingerprint density at radius 3 is 2.80 bits per heavy atom. The van der Waals surface area contributed by atoms with E-state index in [-0.39, 0.29) is 24.0 Å². The number of nitrogens with one attached hydrogen (secondary N) is 2. The summed E-state index contributed by atoms with van der Waals surface area (Å²) in [5.74, 6) is 3.95. The lowest BCUT2D eigenvalue weighted by atomic mass is 10.1. The normalized spacial score (nSPS) is 14.6. The van der Waals surface area contributed by atoms with Crippen LogP contribution >= 0.6 is 24.0 Å². The molecule has 0 aromatic carbocycles. The molecule has 0 spiro atoms. The van der Waals surface area contributed by atoms with Crippen LogP contribution in [0.5, 0.6) is 0 Å². The van der Waals surface area contributed by atoms with Crippen molar-refractivity contribution in [3.63, 3.8) is 0 Å². The van der Waals surface area contributed by atoms with Gasteiger partial charge in [0.05, 0.1) is 0 Å². The Labute approximate surface area is 169 Å². The Morgan fingerprint density at radius 2 is 2.04 bits per heavy atom. The monoisotopic (exact) mass is 462 g/mol. The maximum Gasteiger partial charge on any atom is 0.191 e. The van der Waals surface area contributed by atoms with Crippen LogP contribution in [0.3, 0.4) is 0 Å². The van der Waals surface area contributed by atoms with Gasteiger partial charge in [0.25, 0.3) is 0 Å². The number of nitrogens with zero attached hydrogens (tertiary/aromatic N) is 4. The van der Waals surface area contributed by atoms with Crippen molar-refractivity contribution in [1.82, 2.24) is 25.4 Å². The van der Waals surface area contributed by atoms with Crippen LogP contribution < -0.4 is 10.6 Å². The first-order valence-corrected chi connectivity index (χ1v) is 9.63. The summed E-state index contributed by atoms with van der Waals surface area (Å²) in [5.41, 5.74) is 0. The highest BCUT2D eigenvalue weighted by molar-refractivity contribution is 14.0. The minimum Gasteiger partial charge on any atom is -0.357 e. The van der Waals surface area contributed by atoms with E-state index in [9.17, 15) is 0 Å². The van der Waals surface area contributed by atoms with E-state index in [0.29, 0.717) is 5.92 Å². The van der Waals surface area contributed by atoms with Crippen molar-refractivity contribution in [2.24, 2.45) is 10.9 Å². The van der Waals surface area contributed by atoms with E-state index in [1.54, 1.807) is 0 Å². The second-order valence-corrected chi connectivity index (χ2v) is 6.97. The van der Waals surface area contributed by atoms with Crippen molar-refractivity contribution in [3.8, 4) is 0 Å². The van der Waals surface area contributed by atoms with Crippen molar-refractivity contribution in [2.75, 3.05) is 19.6 Å². The van der Waals surface area contributed by atoms with E-state index in [2.05, 4.69) is 51.2 Å². The smallest absolute Gasteiger partial charge is 0.191 e. The average molecular weight is 462 g/mol. The van der Waals surface area contributed by atoms with Gasteiger partial charge in [-0.15, -0.1) is 34.2 Å². The van der Waals surface area contributed by atoms with Crippen LogP contribution in [-0.2, 0) is 19.4 Å². The van der Waals surface area contributed by atoms with Gasteiger partial charge in [0.15, 0.2) is 5.96 Å². The third kappa shape index (κ3) is 7.92. The molecule has 0 amide bonds. The first-order valence-electron chi connectivity index (χ1n) is 9.63. The second kappa shape index (κ2) is 12.5. The van der Waals surface area contributed by atoms with E-state index in [1.807, 2.05) is 0 Å². The molecule has 2 heterocycles. The number of hydrogen-bond acceptors (Lipinski definition) is 3. The van der Waals surface area contributed by atoms with Crippen LogP contribution in [-0.4, -0.2) is 40.4 Å². The lowest BCUT2D eigenvalue weighted by Crippen LogP contribution is -2.38. The zero-order valence-corrected chi connectivity index (χ0v) is 18.4. The van der Waals surface area contributed by atoms with Gasteiger partial charge in [-0.3, -0.25) is 4.99 Å². The summed E-state index contributed by atoms with van der Waals surface area (Å²) in [6.45, 7) is 10.4. The van der Waals surface area contributed by atoms with Crippen LogP contribution in [0.4, 0.5) is 0 Å². The number of halogens is 1. The Kier molecular flexibility index (Phi) is 11.1. The number of aliphatic imine (C=N–C) groups is 1. The molecule has 0 aliphatic carbocycles. The van der Waals surface area contributed by atoms with Gasteiger partial charge in [0.1, 0.15) is 11.6 Å². The van der Waals surface area contributed by atoms with Gasteiger partial charge in [-0.25, -0.2) is 0 Å². The molecular weight excluding hydrogens is 427 g/mol. The summed E-state index contributed by atoms with van der Waals surface area (Å²) in [7, 11) is 0. The Balaban J connectivity index is 0.00000312. The molecule has 6 nitrogen and oxygen atoms in total. The predicted octanol–water partition coefficient (Wildman–Crippen LogP) is 3.16. The van der Waals surface area contributed by atoms with E-state index in [1.165, 1.54) is 25.1 Å². The van der Waals surface area contributed by atoms with Gasteiger partial charge in [0.2, 0.25) is 0 Å². The predicted molar refractivity (Wildman–Crippen MR) is 115 cm³/mol. The topological polar surface area (TPSA) is 67.1 Å². The highest BCUT2D eigenvalue weighted by Gasteiger charge is 2.13. The molecular formula is C18H35IN6. The minimum absolute atomic E-state index is 0. The fraction of sp³-hybridized carbons (Fsp3) is 0.833. The van der Waals surface area contributed by atoms with E-state index < -0.39 is 0 Å². The van der Waals surface area contributed by atoms with Crippen LogP contribution in [0.1, 0.15) is 64.5 Å².